The zero-order valence-corrected chi connectivity index (χ0v) is 18.9. The SMILES string of the molecule is COC(=O)c1c(Cc2ccc(S(N)(=O)=O)cc2)c(=O)c2ccc(Cl)nc2n1-c1ccccc1. The quantitative estimate of drug-likeness (QED) is 0.344. The molecule has 168 valence electrons. The molecule has 0 saturated heterocycles. The van der Waals surface area contributed by atoms with E-state index in [9.17, 15) is 18.0 Å². The van der Waals surface area contributed by atoms with Crippen molar-refractivity contribution in [2.24, 2.45) is 5.14 Å². The van der Waals surface area contributed by atoms with Crippen LogP contribution in [0.4, 0.5) is 0 Å². The Kier molecular flexibility index (Phi) is 6.03. The highest BCUT2D eigenvalue weighted by atomic mass is 35.5. The number of fused-ring (bicyclic) bond motifs is 1. The fourth-order valence-electron chi connectivity index (χ4n) is 3.59. The number of nitrogens with zero attached hydrogens (tertiary/aromatic N) is 2. The fourth-order valence-corrected chi connectivity index (χ4v) is 4.25. The summed E-state index contributed by atoms with van der Waals surface area (Å²) in [6.07, 6.45) is 0.0412. The summed E-state index contributed by atoms with van der Waals surface area (Å²) in [6, 6.07) is 17.8. The third-order valence-corrected chi connectivity index (χ3v) is 6.25. The molecule has 0 radical (unpaired) electrons. The number of primary sulfonamides is 1. The van der Waals surface area contributed by atoms with Gasteiger partial charge in [0.25, 0.3) is 0 Å². The molecule has 0 aliphatic carbocycles. The largest absolute Gasteiger partial charge is 0.464 e. The molecule has 0 aliphatic heterocycles. The number of aromatic nitrogens is 2. The molecular weight excluding hydrogens is 466 g/mol. The lowest BCUT2D eigenvalue weighted by Crippen LogP contribution is -2.25. The molecule has 0 fully saturated rings. The lowest BCUT2D eigenvalue weighted by molar-refractivity contribution is 0.0590. The number of ether oxygens (including phenoxy) is 1. The Morgan fingerprint density at radius 1 is 1.06 bits per heavy atom. The van der Waals surface area contributed by atoms with Crippen LogP contribution in [0.15, 0.2) is 76.4 Å². The molecular formula is C23H18ClN3O5S. The average Bonchev–Trinajstić information content (AvgIpc) is 2.80. The van der Waals surface area contributed by atoms with Gasteiger partial charge in [0.2, 0.25) is 10.0 Å². The van der Waals surface area contributed by atoms with Gasteiger partial charge in [-0.3, -0.25) is 9.36 Å². The van der Waals surface area contributed by atoms with Crippen molar-refractivity contribution in [1.82, 2.24) is 9.55 Å². The Bertz CT molecular complexity index is 1530. The first-order valence-electron chi connectivity index (χ1n) is 9.70. The summed E-state index contributed by atoms with van der Waals surface area (Å²) in [4.78, 5) is 30.7. The number of benzene rings is 2. The monoisotopic (exact) mass is 483 g/mol. The van der Waals surface area contributed by atoms with Crippen molar-refractivity contribution in [3.63, 3.8) is 0 Å². The van der Waals surface area contributed by atoms with Crippen LogP contribution in [-0.2, 0) is 21.2 Å². The summed E-state index contributed by atoms with van der Waals surface area (Å²) < 4.78 is 29.7. The smallest absolute Gasteiger partial charge is 0.355 e. The van der Waals surface area contributed by atoms with Crippen LogP contribution >= 0.6 is 11.6 Å². The Balaban J connectivity index is 2.03. The number of rotatable bonds is 5. The van der Waals surface area contributed by atoms with Crippen LogP contribution in [-0.4, -0.2) is 31.0 Å². The first-order chi connectivity index (χ1) is 15.7. The van der Waals surface area contributed by atoms with Crippen molar-refractivity contribution < 1.29 is 17.9 Å². The number of sulfonamides is 1. The summed E-state index contributed by atoms with van der Waals surface area (Å²) in [7, 11) is -2.64. The predicted molar refractivity (Wildman–Crippen MR) is 124 cm³/mol. The first-order valence-corrected chi connectivity index (χ1v) is 11.6. The maximum Gasteiger partial charge on any atom is 0.355 e. The number of methoxy groups -OCH3 is 1. The van der Waals surface area contributed by atoms with Crippen molar-refractivity contribution in [1.29, 1.82) is 0 Å². The van der Waals surface area contributed by atoms with E-state index in [0.717, 1.165) is 0 Å². The second-order valence-electron chi connectivity index (χ2n) is 7.19. The maximum absolute atomic E-state index is 13.5. The molecule has 0 atom stereocenters. The molecule has 0 spiro atoms. The molecule has 2 aromatic carbocycles. The Labute approximate surface area is 194 Å². The highest BCUT2D eigenvalue weighted by Gasteiger charge is 2.25. The Morgan fingerprint density at radius 3 is 2.33 bits per heavy atom. The molecule has 0 saturated carbocycles. The number of hydrogen-bond donors (Lipinski definition) is 1. The lowest BCUT2D eigenvalue weighted by Gasteiger charge is -2.19. The number of carbonyl (C=O) groups excluding carboxylic acids is 1. The predicted octanol–water partition coefficient (Wildman–Crippen LogP) is 3.06. The second kappa shape index (κ2) is 8.78. The van der Waals surface area contributed by atoms with Crippen LogP contribution < -0.4 is 10.6 Å². The van der Waals surface area contributed by atoms with Gasteiger partial charge in [0.1, 0.15) is 10.8 Å². The van der Waals surface area contributed by atoms with Crippen LogP contribution in [0.25, 0.3) is 16.7 Å². The molecule has 2 heterocycles. The van der Waals surface area contributed by atoms with E-state index >= 15 is 0 Å². The van der Waals surface area contributed by atoms with Gasteiger partial charge in [0.05, 0.1) is 17.4 Å². The lowest BCUT2D eigenvalue weighted by atomic mass is 10.0. The van der Waals surface area contributed by atoms with E-state index in [2.05, 4.69) is 4.98 Å². The summed E-state index contributed by atoms with van der Waals surface area (Å²) in [6.45, 7) is 0. The van der Waals surface area contributed by atoms with Crippen LogP contribution in [0.5, 0.6) is 0 Å². The minimum absolute atomic E-state index is 0.00601. The number of halogens is 1. The molecule has 4 rings (SSSR count). The van der Waals surface area contributed by atoms with Gasteiger partial charge in [0.15, 0.2) is 11.1 Å². The molecule has 10 heteroatoms. The Morgan fingerprint density at radius 2 is 1.73 bits per heavy atom. The minimum atomic E-state index is -3.86. The maximum atomic E-state index is 13.5. The van der Waals surface area contributed by atoms with Gasteiger partial charge in [-0.05, 0) is 42.0 Å². The molecule has 0 aliphatic rings. The molecule has 0 bridgehead atoms. The van der Waals surface area contributed by atoms with Crippen LogP contribution in [0.2, 0.25) is 5.15 Å². The molecule has 0 amide bonds. The standard InChI is InChI=1S/C23H18ClN3O5S/c1-32-23(29)20-18(13-14-7-9-16(10-8-14)33(25,30)31)21(28)17-11-12-19(24)26-22(17)27(20)15-5-3-2-4-6-15/h2-12H,13H2,1H3,(H2,25,30,31). The Hall–Kier alpha value is -3.53. The molecule has 2 aromatic heterocycles. The third kappa shape index (κ3) is 4.38. The number of nitrogens with two attached hydrogens (primary N) is 1. The van der Waals surface area contributed by atoms with E-state index in [-0.39, 0.29) is 38.8 Å². The third-order valence-electron chi connectivity index (χ3n) is 5.11. The van der Waals surface area contributed by atoms with E-state index in [1.165, 1.54) is 37.4 Å². The number of carbonyl (C=O) groups is 1. The number of pyridine rings is 2. The summed E-state index contributed by atoms with van der Waals surface area (Å²) in [5.41, 5.74) is 1.18. The van der Waals surface area contributed by atoms with Crippen LogP contribution in [0, 0.1) is 0 Å². The highest BCUT2D eigenvalue weighted by Crippen LogP contribution is 2.24. The summed E-state index contributed by atoms with van der Waals surface area (Å²) in [5, 5.41) is 5.60. The topological polar surface area (TPSA) is 121 Å². The van der Waals surface area contributed by atoms with Gasteiger partial charge in [0, 0.05) is 17.7 Å². The molecule has 8 nitrogen and oxygen atoms in total. The van der Waals surface area contributed by atoms with Crippen LogP contribution in [0.3, 0.4) is 0 Å². The van der Waals surface area contributed by atoms with E-state index in [0.29, 0.717) is 11.3 Å². The normalized spacial score (nSPS) is 11.5. The molecule has 4 aromatic rings. The molecule has 33 heavy (non-hydrogen) atoms. The van der Waals surface area contributed by atoms with Gasteiger partial charge >= 0.3 is 5.97 Å². The van der Waals surface area contributed by atoms with Gasteiger partial charge in [-0.25, -0.2) is 23.3 Å². The number of para-hydroxylation sites is 1. The molecule has 2 N–H and O–H groups in total. The zero-order chi connectivity index (χ0) is 23.8. The first kappa shape index (κ1) is 22.7. The average molecular weight is 484 g/mol. The summed E-state index contributed by atoms with van der Waals surface area (Å²) >= 11 is 6.12. The van der Waals surface area contributed by atoms with Gasteiger partial charge in [-0.1, -0.05) is 41.9 Å². The van der Waals surface area contributed by atoms with Crippen molar-refractivity contribution in [3.8, 4) is 5.69 Å². The van der Waals surface area contributed by atoms with E-state index in [1.54, 1.807) is 34.9 Å². The minimum Gasteiger partial charge on any atom is -0.464 e. The highest BCUT2D eigenvalue weighted by molar-refractivity contribution is 7.89. The molecule has 0 unspecified atom stereocenters. The van der Waals surface area contributed by atoms with Gasteiger partial charge in [-0.15, -0.1) is 0 Å². The van der Waals surface area contributed by atoms with E-state index in [4.69, 9.17) is 21.5 Å². The van der Waals surface area contributed by atoms with Crippen LogP contribution in [0.1, 0.15) is 21.6 Å². The summed E-state index contributed by atoms with van der Waals surface area (Å²) in [5.74, 6) is -0.726. The van der Waals surface area contributed by atoms with Crippen molar-refractivity contribution in [2.45, 2.75) is 11.3 Å². The number of hydrogen-bond acceptors (Lipinski definition) is 6. The van der Waals surface area contributed by atoms with Crippen molar-refractivity contribution in [2.75, 3.05) is 7.11 Å². The number of esters is 1. The second-order valence-corrected chi connectivity index (χ2v) is 9.14. The van der Waals surface area contributed by atoms with Crippen molar-refractivity contribution >= 4 is 38.6 Å². The van der Waals surface area contributed by atoms with Gasteiger partial charge < -0.3 is 4.74 Å². The van der Waals surface area contributed by atoms with Crippen molar-refractivity contribution in [3.05, 3.63) is 98.9 Å². The van der Waals surface area contributed by atoms with E-state index in [1.807, 2.05) is 6.07 Å². The van der Waals surface area contributed by atoms with Gasteiger partial charge in [-0.2, -0.15) is 0 Å². The zero-order valence-electron chi connectivity index (χ0n) is 17.4. The fraction of sp³-hybridized carbons (Fsp3) is 0.0870. The van der Waals surface area contributed by atoms with E-state index < -0.39 is 21.4 Å².